The summed E-state index contributed by atoms with van der Waals surface area (Å²) in [6, 6.07) is 35.7. The number of hydrogen-bond acceptors (Lipinski definition) is 8. The van der Waals surface area contributed by atoms with Crippen LogP contribution < -0.4 is 20.3 Å². The molecule has 214 valence electrons. The number of benzene rings is 4. The Morgan fingerprint density at radius 2 is 0.952 bits per heavy atom. The molecule has 0 aliphatic carbocycles. The lowest BCUT2D eigenvalue weighted by Crippen LogP contribution is -2.13. The Hall–Kier alpha value is -3.70. The van der Waals surface area contributed by atoms with Gasteiger partial charge in [-0.15, -0.1) is 0 Å². The van der Waals surface area contributed by atoms with E-state index in [2.05, 4.69) is 45.3 Å². The molecule has 10 heteroatoms. The van der Waals surface area contributed by atoms with E-state index in [1.165, 1.54) is 34.7 Å². The highest BCUT2D eigenvalue weighted by molar-refractivity contribution is 8.22. The molecular formula is C32H30N4O2S4. The molecular weight excluding hydrogens is 601 g/mol. The summed E-state index contributed by atoms with van der Waals surface area (Å²) in [6.45, 7) is 0.709. The predicted octanol–water partition coefficient (Wildman–Crippen LogP) is 7.43. The van der Waals surface area contributed by atoms with Crippen molar-refractivity contribution in [2.45, 2.75) is 11.5 Å². The van der Waals surface area contributed by atoms with Crippen LogP contribution in [0.4, 0.5) is 0 Å². The van der Waals surface area contributed by atoms with Crippen LogP contribution in [0.3, 0.4) is 0 Å². The molecule has 2 N–H and O–H groups in total. The third-order valence-corrected chi connectivity index (χ3v) is 8.13. The first kappa shape index (κ1) is 31.2. The minimum absolute atomic E-state index is 0.355. The van der Waals surface area contributed by atoms with Gasteiger partial charge in [-0.3, -0.25) is 10.9 Å². The average molecular weight is 631 g/mol. The molecule has 0 aromatic heterocycles. The highest BCUT2D eigenvalue weighted by atomic mass is 32.2. The number of nitrogens with zero attached hydrogens (tertiary/aromatic N) is 2. The third kappa shape index (κ3) is 11.3. The van der Waals surface area contributed by atoms with E-state index in [1.54, 1.807) is 12.4 Å². The van der Waals surface area contributed by atoms with Crippen molar-refractivity contribution in [2.75, 3.05) is 13.2 Å². The van der Waals surface area contributed by atoms with Gasteiger partial charge < -0.3 is 9.47 Å². The Morgan fingerprint density at radius 1 is 0.571 bits per heavy atom. The van der Waals surface area contributed by atoms with Gasteiger partial charge in [0.2, 0.25) is 0 Å². The molecule has 0 bridgehead atoms. The Kier molecular flexibility index (Phi) is 13.4. The Balaban J connectivity index is 1.20. The van der Waals surface area contributed by atoms with Gasteiger partial charge in [-0.25, -0.2) is 0 Å². The van der Waals surface area contributed by atoms with E-state index in [9.17, 15) is 0 Å². The second kappa shape index (κ2) is 18.0. The van der Waals surface area contributed by atoms with Crippen molar-refractivity contribution in [1.29, 1.82) is 0 Å². The van der Waals surface area contributed by atoms with Crippen molar-refractivity contribution in [3.05, 3.63) is 131 Å². The fourth-order valence-electron chi connectivity index (χ4n) is 3.56. The first-order chi connectivity index (χ1) is 20.7. The molecule has 6 nitrogen and oxygen atoms in total. The largest absolute Gasteiger partial charge is 0.489 e. The number of hydrogen-bond donors (Lipinski definition) is 2. The van der Waals surface area contributed by atoms with E-state index >= 15 is 0 Å². The molecule has 4 aromatic carbocycles. The summed E-state index contributed by atoms with van der Waals surface area (Å²) in [5.74, 6) is 2.98. The van der Waals surface area contributed by atoms with Gasteiger partial charge in [0.1, 0.15) is 24.7 Å². The molecule has 42 heavy (non-hydrogen) atoms. The van der Waals surface area contributed by atoms with E-state index in [4.69, 9.17) is 33.9 Å². The van der Waals surface area contributed by atoms with E-state index in [0.29, 0.717) is 33.4 Å². The van der Waals surface area contributed by atoms with Crippen molar-refractivity contribution in [3.8, 4) is 11.5 Å². The number of para-hydroxylation sites is 2. The molecule has 0 aliphatic rings. The quantitative estimate of drug-likeness (QED) is 0.0685. The van der Waals surface area contributed by atoms with Gasteiger partial charge in [0, 0.05) is 22.6 Å². The summed E-state index contributed by atoms with van der Waals surface area (Å²) >= 11 is 13.8. The second-order valence-electron chi connectivity index (χ2n) is 8.64. The maximum atomic E-state index is 5.99. The van der Waals surface area contributed by atoms with Crippen LogP contribution in [0, 0.1) is 0 Å². The summed E-state index contributed by atoms with van der Waals surface area (Å²) in [5, 5.41) is 8.58. The Bertz CT molecular complexity index is 1370. The minimum Gasteiger partial charge on any atom is -0.489 e. The van der Waals surface area contributed by atoms with Crippen LogP contribution in [0.15, 0.2) is 119 Å². The van der Waals surface area contributed by atoms with Gasteiger partial charge in [0.15, 0.2) is 8.64 Å². The van der Waals surface area contributed by atoms with Crippen molar-refractivity contribution < 1.29 is 9.47 Å². The van der Waals surface area contributed by atoms with Crippen LogP contribution in [0.25, 0.3) is 0 Å². The first-order valence-electron chi connectivity index (χ1n) is 13.1. The first-order valence-corrected chi connectivity index (χ1v) is 15.9. The lowest BCUT2D eigenvalue weighted by molar-refractivity contribution is 0.217. The normalized spacial score (nSPS) is 11.0. The molecule has 0 amide bonds. The van der Waals surface area contributed by atoms with Crippen molar-refractivity contribution in [2.24, 2.45) is 10.2 Å². The van der Waals surface area contributed by atoms with Gasteiger partial charge in [-0.2, -0.15) is 10.2 Å². The number of nitrogens with one attached hydrogen (secondary N) is 2. The minimum atomic E-state index is 0.355. The Labute approximate surface area is 266 Å². The van der Waals surface area contributed by atoms with Gasteiger partial charge >= 0.3 is 0 Å². The summed E-state index contributed by atoms with van der Waals surface area (Å²) in [5.41, 5.74) is 9.92. The lowest BCUT2D eigenvalue weighted by atomic mass is 10.2. The van der Waals surface area contributed by atoms with Crippen LogP contribution in [0.5, 0.6) is 11.5 Å². The molecule has 0 aliphatic heterocycles. The average Bonchev–Trinajstić information content (AvgIpc) is 3.03. The summed E-state index contributed by atoms with van der Waals surface area (Å²) in [4.78, 5) is 0. The summed E-state index contributed by atoms with van der Waals surface area (Å²) in [6.07, 6.45) is 3.40. The molecule has 0 radical (unpaired) electrons. The molecule has 0 fully saturated rings. The van der Waals surface area contributed by atoms with Crippen LogP contribution in [0.1, 0.15) is 22.3 Å². The standard InChI is InChI=1S/C32H30N4O2S4/c39-31(41-23-25-11-3-1-4-12-25)35-33-21-27-15-7-9-17-29(27)37-19-20-38-30-18-10-8-16-28(30)22-34-36-32(40)42-24-26-13-5-2-6-14-26/h1-18,21-22H,19-20,23-24H2,(H,35,39)(H,36,40)/b33-21+,34-22+. The predicted molar refractivity (Wildman–Crippen MR) is 186 cm³/mol. The fraction of sp³-hybridized carbons (Fsp3) is 0.125. The highest BCUT2D eigenvalue weighted by Crippen LogP contribution is 2.19. The highest BCUT2D eigenvalue weighted by Gasteiger charge is 2.04. The van der Waals surface area contributed by atoms with Crippen LogP contribution in [-0.2, 0) is 11.5 Å². The lowest BCUT2D eigenvalue weighted by Gasteiger charge is -2.11. The SMILES string of the molecule is S=C(N/N=C/c1ccccc1OCCOc1ccccc1/C=N/NC(=S)SCc1ccccc1)SCc1ccccc1. The number of hydrazone groups is 2. The van der Waals surface area contributed by atoms with Crippen molar-refractivity contribution in [1.82, 2.24) is 10.9 Å². The zero-order valence-electron chi connectivity index (χ0n) is 22.7. The topological polar surface area (TPSA) is 67.2 Å². The van der Waals surface area contributed by atoms with Crippen molar-refractivity contribution in [3.63, 3.8) is 0 Å². The molecule has 0 saturated heterocycles. The van der Waals surface area contributed by atoms with Gasteiger partial charge in [-0.1, -0.05) is 133 Å². The van der Waals surface area contributed by atoms with Gasteiger partial charge in [0.05, 0.1) is 12.4 Å². The maximum absolute atomic E-state index is 5.99. The van der Waals surface area contributed by atoms with Gasteiger partial charge in [0.25, 0.3) is 0 Å². The van der Waals surface area contributed by atoms with Crippen LogP contribution in [0.2, 0.25) is 0 Å². The zero-order valence-corrected chi connectivity index (χ0v) is 26.0. The van der Waals surface area contributed by atoms with Crippen LogP contribution in [-0.4, -0.2) is 34.3 Å². The summed E-state index contributed by atoms with van der Waals surface area (Å²) in [7, 11) is 0. The molecule has 0 spiro atoms. The monoisotopic (exact) mass is 630 g/mol. The van der Waals surface area contributed by atoms with Crippen LogP contribution >= 0.6 is 48.0 Å². The molecule has 0 atom stereocenters. The van der Waals surface area contributed by atoms with Crippen molar-refractivity contribution >= 4 is 69.0 Å². The van der Waals surface area contributed by atoms with E-state index < -0.39 is 0 Å². The molecule has 4 rings (SSSR count). The number of thioether (sulfide) groups is 2. The summed E-state index contributed by atoms with van der Waals surface area (Å²) < 4.78 is 13.2. The molecule has 4 aromatic rings. The number of ether oxygens (including phenoxy) is 2. The number of thiocarbonyl (C=S) groups is 2. The van der Waals surface area contributed by atoms with Gasteiger partial charge in [-0.05, 0) is 35.4 Å². The second-order valence-corrected chi connectivity index (χ2v) is 11.9. The van der Waals surface area contributed by atoms with E-state index in [0.717, 1.165) is 22.6 Å². The molecule has 0 heterocycles. The maximum Gasteiger partial charge on any atom is 0.154 e. The van der Waals surface area contributed by atoms with E-state index in [-0.39, 0.29) is 0 Å². The fourth-order valence-corrected chi connectivity index (χ4v) is 5.23. The third-order valence-electron chi connectivity index (χ3n) is 5.58. The van der Waals surface area contributed by atoms with E-state index in [1.807, 2.05) is 84.9 Å². The number of rotatable bonds is 13. The Morgan fingerprint density at radius 3 is 1.38 bits per heavy atom. The zero-order chi connectivity index (χ0) is 29.2. The molecule has 0 saturated carbocycles. The molecule has 0 unspecified atom stereocenters. The smallest absolute Gasteiger partial charge is 0.154 e.